The van der Waals surface area contributed by atoms with Crippen LogP contribution in [0.2, 0.25) is 0 Å². The van der Waals surface area contributed by atoms with E-state index in [1.54, 1.807) is 19.1 Å². The van der Waals surface area contributed by atoms with Crippen LogP contribution in [0.3, 0.4) is 0 Å². The fraction of sp³-hybridized carbons (Fsp3) is 0.280. The van der Waals surface area contributed by atoms with E-state index in [9.17, 15) is 18.0 Å². The summed E-state index contributed by atoms with van der Waals surface area (Å²) in [5, 5.41) is 2.65. The minimum Gasteiger partial charge on any atom is -0.405 e. The molecule has 1 amide bonds. The van der Waals surface area contributed by atoms with Crippen LogP contribution in [0.4, 0.5) is 24.7 Å². The number of morpholine rings is 1. The minimum atomic E-state index is -4.94. The predicted molar refractivity (Wildman–Crippen MR) is 123 cm³/mol. The summed E-state index contributed by atoms with van der Waals surface area (Å²) in [5.41, 5.74) is 1.95. The normalized spacial score (nSPS) is 16.3. The molecule has 34 heavy (non-hydrogen) atoms. The van der Waals surface area contributed by atoms with Crippen LogP contribution in [0.5, 0.6) is 5.75 Å². The van der Waals surface area contributed by atoms with E-state index in [0.29, 0.717) is 36.5 Å². The number of aromatic nitrogens is 1. The highest BCUT2D eigenvalue weighted by atomic mass is 19.4. The number of amides is 1. The number of alkyl halides is 3. The van der Waals surface area contributed by atoms with Crippen molar-refractivity contribution in [3.8, 4) is 16.9 Å². The number of carbonyl (C=O) groups is 1. The molecular formula is C25H24F3N3O3. The Kier molecular flexibility index (Phi) is 6.74. The lowest BCUT2D eigenvalue weighted by Crippen LogP contribution is -2.41. The fourth-order valence-electron chi connectivity index (χ4n) is 3.98. The first-order chi connectivity index (χ1) is 16.2. The molecule has 0 bridgehead atoms. The van der Waals surface area contributed by atoms with Crippen LogP contribution in [0.1, 0.15) is 22.8 Å². The van der Waals surface area contributed by atoms with Crippen molar-refractivity contribution >= 4 is 17.4 Å². The first-order valence-electron chi connectivity index (χ1n) is 10.8. The smallest absolute Gasteiger partial charge is 0.405 e. The largest absolute Gasteiger partial charge is 0.573 e. The molecule has 1 saturated heterocycles. The maximum atomic E-state index is 13.1. The van der Waals surface area contributed by atoms with Gasteiger partial charge in [0.2, 0.25) is 0 Å². The van der Waals surface area contributed by atoms with Crippen molar-refractivity contribution in [3.05, 3.63) is 71.9 Å². The van der Waals surface area contributed by atoms with Gasteiger partial charge in [0.15, 0.2) is 0 Å². The van der Waals surface area contributed by atoms with Gasteiger partial charge in [-0.25, -0.2) is 4.98 Å². The SMILES string of the molecule is Cc1c(-c2ccccc2)ccc(OC(F)(F)F)c1C(=O)Nc1ccc(N2CCO[C@H](C)C2)nc1. The van der Waals surface area contributed by atoms with Crippen LogP contribution >= 0.6 is 0 Å². The monoisotopic (exact) mass is 471 g/mol. The zero-order valence-electron chi connectivity index (χ0n) is 18.7. The summed E-state index contributed by atoms with van der Waals surface area (Å²) in [5.74, 6) is -0.547. The Bertz CT molecular complexity index is 1150. The number of hydrogen-bond donors (Lipinski definition) is 1. The van der Waals surface area contributed by atoms with Crippen LogP contribution < -0.4 is 15.0 Å². The van der Waals surface area contributed by atoms with Crippen molar-refractivity contribution in [1.82, 2.24) is 4.98 Å². The Balaban J connectivity index is 1.62. The highest BCUT2D eigenvalue weighted by molar-refractivity contribution is 6.08. The summed E-state index contributed by atoms with van der Waals surface area (Å²) in [6, 6.07) is 15.2. The molecule has 1 atom stereocenters. The molecule has 0 spiro atoms. The van der Waals surface area contributed by atoms with Crippen molar-refractivity contribution < 1.29 is 27.4 Å². The molecule has 0 unspecified atom stereocenters. The van der Waals surface area contributed by atoms with E-state index >= 15 is 0 Å². The third kappa shape index (κ3) is 5.48. The van der Waals surface area contributed by atoms with Gasteiger partial charge < -0.3 is 19.7 Å². The average Bonchev–Trinajstić information content (AvgIpc) is 2.79. The summed E-state index contributed by atoms with van der Waals surface area (Å²) in [7, 11) is 0. The number of anilines is 2. The van der Waals surface area contributed by atoms with E-state index in [2.05, 4.69) is 19.9 Å². The van der Waals surface area contributed by atoms with Crippen LogP contribution in [0.25, 0.3) is 11.1 Å². The molecule has 6 nitrogen and oxygen atoms in total. The standard InChI is InChI=1S/C25H24F3N3O3/c1-16-15-31(12-13-33-16)22-11-8-19(14-29-22)30-24(32)23-17(2)20(18-6-4-3-5-7-18)9-10-21(23)34-25(26,27)28/h3-11,14,16H,12-13,15H2,1-2H3,(H,30,32)/t16-/m1/s1. The maximum Gasteiger partial charge on any atom is 0.573 e. The highest BCUT2D eigenvalue weighted by Crippen LogP contribution is 2.35. The zero-order valence-corrected chi connectivity index (χ0v) is 18.7. The Hall–Kier alpha value is -3.59. The average molecular weight is 471 g/mol. The van der Waals surface area contributed by atoms with Crippen molar-refractivity contribution in [3.63, 3.8) is 0 Å². The van der Waals surface area contributed by atoms with E-state index in [0.717, 1.165) is 11.4 Å². The number of nitrogens with zero attached hydrogens (tertiary/aromatic N) is 2. The van der Waals surface area contributed by atoms with Gasteiger partial charge in [0.1, 0.15) is 11.6 Å². The molecule has 0 aliphatic carbocycles. The molecular weight excluding hydrogens is 447 g/mol. The molecule has 1 aliphatic rings. The van der Waals surface area contributed by atoms with Crippen molar-refractivity contribution in [2.45, 2.75) is 26.3 Å². The lowest BCUT2D eigenvalue weighted by molar-refractivity contribution is -0.274. The number of halogens is 3. The van der Waals surface area contributed by atoms with Crippen LogP contribution in [-0.2, 0) is 4.74 Å². The van der Waals surface area contributed by atoms with Gasteiger partial charge in [0.25, 0.3) is 5.91 Å². The lowest BCUT2D eigenvalue weighted by atomic mass is 9.95. The van der Waals surface area contributed by atoms with Crippen molar-refractivity contribution in [1.29, 1.82) is 0 Å². The van der Waals surface area contributed by atoms with Crippen molar-refractivity contribution in [2.24, 2.45) is 0 Å². The first kappa shape index (κ1) is 23.6. The van der Waals surface area contributed by atoms with Gasteiger partial charge in [-0.05, 0) is 48.7 Å². The van der Waals surface area contributed by atoms with Gasteiger partial charge in [-0.15, -0.1) is 13.2 Å². The van der Waals surface area contributed by atoms with E-state index in [1.807, 2.05) is 37.3 Å². The van der Waals surface area contributed by atoms with Gasteiger partial charge >= 0.3 is 6.36 Å². The maximum absolute atomic E-state index is 13.1. The lowest BCUT2D eigenvalue weighted by Gasteiger charge is -2.32. The molecule has 178 valence electrons. The summed E-state index contributed by atoms with van der Waals surface area (Å²) < 4.78 is 48.8. The first-order valence-corrected chi connectivity index (χ1v) is 10.8. The Morgan fingerprint density at radius 1 is 1.15 bits per heavy atom. The summed E-state index contributed by atoms with van der Waals surface area (Å²) >= 11 is 0. The number of hydrogen-bond acceptors (Lipinski definition) is 5. The summed E-state index contributed by atoms with van der Waals surface area (Å²) in [6.45, 7) is 5.57. The van der Waals surface area contributed by atoms with Crippen LogP contribution in [0.15, 0.2) is 60.8 Å². The number of nitrogens with one attached hydrogen (secondary N) is 1. The zero-order chi connectivity index (χ0) is 24.3. The topological polar surface area (TPSA) is 63.7 Å². The Morgan fingerprint density at radius 3 is 2.56 bits per heavy atom. The Morgan fingerprint density at radius 2 is 1.91 bits per heavy atom. The number of rotatable bonds is 5. The molecule has 1 N–H and O–H groups in total. The number of ether oxygens (including phenoxy) is 2. The molecule has 2 aromatic carbocycles. The van der Waals surface area contributed by atoms with Gasteiger partial charge in [0, 0.05) is 13.1 Å². The van der Waals surface area contributed by atoms with Crippen LogP contribution in [0, 0.1) is 6.92 Å². The van der Waals surface area contributed by atoms with Gasteiger partial charge in [-0.3, -0.25) is 4.79 Å². The Labute approximate surface area is 195 Å². The van der Waals surface area contributed by atoms with E-state index in [-0.39, 0.29) is 11.7 Å². The second-order valence-electron chi connectivity index (χ2n) is 8.01. The second kappa shape index (κ2) is 9.72. The summed E-state index contributed by atoms with van der Waals surface area (Å²) in [6.07, 6.45) is -3.37. The van der Waals surface area contributed by atoms with Gasteiger partial charge in [0.05, 0.1) is 30.2 Å². The molecule has 1 aromatic heterocycles. The molecule has 1 fully saturated rings. The second-order valence-corrected chi connectivity index (χ2v) is 8.01. The molecule has 3 aromatic rings. The number of carbonyl (C=O) groups excluding carboxylic acids is 1. The molecule has 0 radical (unpaired) electrons. The van der Waals surface area contributed by atoms with Crippen LogP contribution in [-0.4, -0.2) is 43.1 Å². The number of pyridine rings is 1. The molecule has 2 heterocycles. The third-order valence-electron chi connectivity index (χ3n) is 5.54. The van der Waals surface area contributed by atoms with E-state index in [4.69, 9.17) is 4.74 Å². The molecule has 4 rings (SSSR count). The number of benzene rings is 2. The quantitative estimate of drug-likeness (QED) is 0.538. The van der Waals surface area contributed by atoms with Crippen molar-refractivity contribution in [2.75, 3.05) is 29.9 Å². The van der Waals surface area contributed by atoms with E-state index < -0.39 is 18.0 Å². The fourth-order valence-corrected chi connectivity index (χ4v) is 3.98. The minimum absolute atomic E-state index is 0.0850. The highest BCUT2D eigenvalue weighted by Gasteiger charge is 2.34. The van der Waals surface area contributed by atoms with Gasteiger partial charge in [-0.2, -0.15) is 0 Å². The molecule has 9 heteroatoms. The molecule has 0 saturated carbocycles. The molecule has 1 aliphatic heterocycles. The third-order valence-corrected chi connectivity index (χ3v) is 5.54. The predicted octanol–water partition coefficient (Wildman–Crippen LogP) is 5.43. The van der Waals surface area contributed by atoms with Gasteiger partial charge in [-0.1, -0.05) is 36.4 Å². The van der Waals surface area contributed by atoms with E-state index in [1.165, 1.54) is 18.3 Å². The summed E-state index contributed by atoms with van der Waals surface area (Å²) in [4.78, 5) is 19.6.